The normalized spacial score (nSPS) is 11.0. The molecule has 3 aromatic carbocycles. The van der Waals surface area contributed by atoms with Gasteiger partial charge in [0, 0.05) is 6.21 Å². The number of hydrogen-bond acceptors (Lipinski definition) is 2. The molecular weight excluding hydrogens is 298 g/mol. The van der Waals surface area contributed by atoms with E-state index in [1.54, 1.807) is 30.5 Å². The van der Waals surface area contributed by atoms with Gasteiger partial charge in [0.15, 0.2) is 0 Å². The van der Waals surface area contributed by atoms with Crippen molar-refractivity contribution in [2.24, 2.45) is 4.99 Å². The van der Waals surface area contributed by atoms with Gasteiger partial charge >= 0.3 is 5.97 Å². The van der Waals surface area contributed by atoms with Gasteiger partial charge in [-0.2, -0.15) is 0 Å². The SMILES string of the molecule is O=C(O)c1ccc(C=NC(c2ccccc2)c2ccccc2)cc1. The molecule has 0 spiro atoms. The topological polar surface area (TPSA) is 49.7 Å². The average Bonchev–Trinajstić information content (AvgIpc) is 2.64. The van der Waals surface area contributed by atoms with Crippen LogP contribution in [0.5, 0.6) is 0 Å². The second kappa shape index (κ2) is 7.38. The molecule has 3 heteroatoms. The van der Waals surface area contributed by atoms with Gasteiger partial charge in [0.25, 0.3) is 0 Å². The van der Waals surface area contributed by atoms with Crippen LogP contribution in [0.15, 0.2) is 89.9 Å². The summed E-state index contributed by atoms with van der Waals surface area (Å²) in [6, 6.07) is 26.8. The minimum absolute atomic E-state index is 0.0912. The number of carboxylic acids is 1. The molecule has 0 saturated carbocycles. The zero-order valence-corrected chi connectivity index (χ0v) is 13.0. The third-order valence-electron chi connectivity index (χ3n) is 3.76. The Kier molecular flexibility index (Phi) is 4.82. The summed E-state index contributed by atoms with van der Waals surface area (Å²) >= 11 is 0. The summed E-state index contributed by atoms with van der Waals surface area (Å²) in [6.45, 7) is 0. The van der Waals surface area contributed by atoms with Crippen LogP contribution < -0.4 is 0 Å². The second-order valence-corrected chi connectivity index (χ2v) is 5.43. The quantitative estimate of drug-likeness (QED) is 0.700. The minimum Gasteiger partial charge on any atom is -0.478 e. The van der Waals surface area contributed by atoms with Crippen LogP contribution in [0, 0.1) is 0 Å². The Bertz CT molecular complexity index is 785. The first-order valence-corrected chi connectivity index (χ1v) is 7.70. The van der Waals surface area contributed by atoms with Crippen molar-refractivity contribution in [3.63, 3.8) is 0 Å². The van der Waals surface area contributed by atoms with Crippen LogP contribution in [0.25, 0.3) is 0 Å². The maximum atomic E-state index is 10.9. The van der Waals surface area contributed by atoms with Crippen molar-refractivity contribution >= 4 is 12.2 Å². The van der Waals surface area contributed by atoms with E-state index in [-0.39, 0.29) is 11.6 Å². The summed E-state index contributed by atoms with van der Waals surface area (Å²) in [5, 5.41) is 8.96. The highest BCUT2D eigenvalue weighted by atomic mass is 16.4. The Morgan fingerprint density at radius 2 is 1.29 bits per heavy atom. The fourth-order valence-corrected chi connectivity index (χ4v) is 2.51. The lowest BCUT2D eigenvalue weighted by Crippen LogP contribution is -1.99. The number of carboxylic acid groups (broad SMARTS) is 1. The van der Waals surface area contributed by atoms with E-state index in [0.29, 0.717) is 0 Å². The predicted octanol–water partition coefficient (Wildman–Crippen LogP) is 4.59. The van der Waals surface area contributed by atoms with Gasteiger partial charge in [-0.1, -0.05) is 72.8 Å². The van der Waals surface area contributed by atoms with Crippen LogP contribution in [0.3, 0.4) is 0 Å². The predicted molar refractivity (Wildman–Crippen MR) is 95.7 cm³/mol. The van der Waals surface area contributed by atoms with E-state index in [0.717, 1.165) is 16.7 Å². The van der Waals surface area contributed by atoms with Gasteiger partial charge in [-0.25, -0.2) is 4.79 Å². The monoisotopic (exact) mass is 315 g/mol. The van der Waals surface area contributed by atoms with Gasteiger partial charge in [-0.05, 0) is 28.8 Å². The Balaban J connectivity index is 1.90. The molecule has 0 aliphatic carbocycles. The van der Waals surface area contributed by atoms with Crippen LogP contribution in [-0.4, -0.2) is 17.3 Å². The summed E-state index contributed by atoms with van der Waals surface area (Å²) < 4.78 is 0. The van der Waals surface area contributed by atoms with E-state index in [2.05, 4.69) is 24.3 Å². The zero-order chi connectivity index (χ0) is 16.8. The fourth-order valence-electron chi connectivity index (χ4n) is 2.51. The third-order valence-corrected chi connectivity index (χ3v) is 3.76. The molecule has 0 heterocycles. The summed E-state index contributed by atoms with van der Waals surface area (Å²) in [4.78, 5) is 15.7. The molecule has 0 bridgehead atoms. The number of rotatable bonds is 5. The van der Waals surface area contributed by atoms with Gasteiger partial charge in [0.2, 0.25) is 0 Å². The molecule has 118 valence electrons. The van der Waals surface area contributed by atoms with Gasteiger partial charge < -0.3 is 5.11 Å². The molecule has 0 fully saturated rings. The van der Waals surface area contributed by atoms with Crippen molar-refractivity contribution < 1.29 is 9.90 Å². The highest BCUT2D eigenvalue weighted by molar-refractivity contribution is 5.89. The molecule has 0 atom stereocenters. The van der Waals surface area contributed by atoms with Crippen LogP contribution >= 0.6 is 0 Å². The Labute approximate surface area is 140 Å². The van der Waals surface area contributed by atoms with E-state index in [1.807, 2.05) is 36.4 Å². The molecule has 0 saturated heterocycles. The molecular formula is C21H17NO2. The maximum absolute atomic E-state index is 10.9. The Morgan fingerprint density at radius 1 is 0.792 bits per heavy atom. The molecule has 1 N–H and O–H groups in total. The number of benzene rings is 3. The molecule has 0 aromatic heterocycles. The summed E-state index contributed by atoms with van der Waals surface area (Å²) in [7, 11) is 0. The van der Waals surface area contributed by atoms with Crippen molar-refractivity contribution in [2.45, 2.75) is 6.04 Å². The number of aromatic carboxylic acids is 1. The smallest absolute Gasteiger partial charge is 0.335 e. The van der Waals surface area contributed by atoms with E-state index in [1.165, 1.54) is 0 Å². The first-order chi connectivity index (χ1) is 11.7. The van der Waals surface area contributed by atoms with Gasteiger partial charge in [0.1, 0.15) is 0 Å². The molecule has 0 aliphatic heterocycles. The van der Waals surface area contributed by atoms with E-state index >= 15 is 0 Å². The molecule has 3 aromatic rings. The molecule has 24 heavy (non-hydrogen) atoms. The van der Waals surface area contributed by atoms with Crippen LogP contribution in [-0.2, 0) is 0 Å². The van der Waals surface area contributed by atoms with Crippen molar-refractivity contribution in [3.05, 3.63) is 107 Å². The summed E-state index contributed by atoms with van der Waals surface area (Å²) in [5.74, 6) is -0.926. The zero-order valence-electron chi connectivity index (χ0n) is 13.0. The Hall–Kier alpha value is -3.20. The summed E-state index contributed by atoms with van der Waals surface area (Å²) in [5.41, 5.74) is 3.37. The van der Waals surface area contributed by atoms with Crippen LogP contribution in [0.1, 0.15) is 33.1 Å². The molecule has 0 aliphatic rings. The van der Waals surface area contributed by atoms with Crippen molar-refractivity contribution in [2.75, 3.05) is 0 Å². The van der Waals surface area contributed by atoms with Crippen LogP contribution in [0.2, 0.25) is 0 Å². The van der Waals surface area contributed by atoms with Crippen molar-refractivity contribution in [1.29, 1.82) is 0 Å². The number of nitrogens with zero attached hydrogens (tertiary/aromatic N) is 1. The first-order valence-electron chi connectivity index (χ1n) is 7.70. The second-order valence-electron chi connectivity index (χ2n) is 5.43. The molecule has 0 radical (unpaired) electrons. The summed E-state index contributed by atoms with van der Waals surface area (Å²) in [6.07, 6.45) is 1.79. The van der Waals surface area contributed by atoms with Gasteiger partial charge in [-0.15, -0.1) is 0 Å². The minimum atomic E-state index is -0.926. The number of aliphatic imine (C=N–C) groups is 1. The highest BCUT2D eigenvalue weighted by Gasteiger charge is 2.11. The lowest BCUT2D eigenvalue weighted by atomic mass is 9.99. The van der Waals surface area contributed by atoms with E-state index < -0.39 is 5.97 Å². The molecule has 3 rings (SSSR count). The lowest BCUT2D eigenvalue weighted by molar-refractivity contribution is 0.0697. The molecule has 3 nitrogen and oxygen atoms in total. The largest absolute Gasteiger partial charge is 0.478 e. The first kappa shape index (κ1) is 15.7. The van der Waals surface area contributed by atoms with Crippen molar-refractivity contribution in [1.82, 2.24) is 0 Å². The lowest BCUT2D eigenvalue weighted by Gasteiger charge is -2.13. The number of carbonyl (C=O) groups is 1. The van der Waals surface area contributed by atoms with Crippen LogP contribution in [0.4, 0.5) is 0 Å². The molecule has 0 amide bonds. The molecule has 0 unspecified atom stereocenters. The van der Waals surface area contributed by atoms with Gasteiger partial charge in [0.05, 0.1) is 11.6 Å². The van der Waals surface area contributed by atoms with Crippen molar-refractivity contribution in [3.8, 4) is 0 Å². The maximum Gasteiger partial charge on any atom is 0.335 e. The van der Waals surface area contributed by atoms with E-state index in [4.69, 9.17) is 10.1 Å². The van der Waals surface area contributed by atoms with Gasteiger partial charge in [-0.3, -0.25) is 4.99 Å². The standard InChI is InChI=1S/C21H17NO2/c23-21(24)19-13-11-16(12-14-19)15-22-20(17-7-3-1-4-8-17)18-9-5-2-6-10-18/h1-15,20H,(H,23,24). The Morgan fingerprint density at radius 3 is 1.75 bits per heavy atom. The average molecular weight is 315 g/mol. The number of hydrogen-bond donors (Lipinski definition) is 1. The fraction of sp³-hybridized carbons (Fsp3) is 0.0476. The third kappa shape index (κ3) is 3.76. The van der Waals surface area contributed by atoms with E-state index in [9.17, 15) is 4.79 Å². The highest BCUT2D eigenvalue weighted by Crippen LogP contribution is 2.25.